The van der Waals surface area contributed by atoms with Gasteiger partial charge < -0.3 is 10.1 Å². The van der Waals surface area contributed by atoms with Gasteiger partial charge in [0.25, 0.3) is 11.6 Å². The number of nitrogens with one attached hydrogen (secondary N) is 1. The Kier molecular flexibility index (Phi) is 6.26. The van der Waals surface area contributed by atoms with E-state index in [4.69, 9.17) is 16.3 Å². The zero-order valence-corrected chi connectivity index (χ0v) is 16.8. The van der Waals surface area contributed by atoms with Gasteiger partial charge in [-0.2, -0.15) is 0 Å². The molecule has 148 valence electrons. The van der Waals surface area contributed by atoms with Crippen LogP contribution in [-0.2, 0) is 4.74 Å². The summed E-state index contributed by atoms with van der Waals surface area (Å²) in [6, 6.07) is 12.9. The Labute approximate surface area is 175 Å². The van der Waals surface area contributed by atoms with E-state index in [-0.39, 0.29) is 33.4 Å². The van der Waals surface area contributed by atoms with Crippen molar-refractivity contribution in [3.63, 3.8) is 0 Å². The monoisotopic (exact) mass is 430 g/mol. The molecule has 0 unspecified atom stereocenters. The van der Waals surface area contributed by atoms with Crippen molar-refractivity contribution in [3.05, 3.63) is 80.2 Å². The molecule has 1 N–H and O–H groups in total. The van der Waals surface area contributed by atoms with Crippen molar-refractivity contribution in [3.8, 4) is 11.1 Å². The van der Waals surface area contributed by atoms with Gasteiger partial charge >= 0.3 is 5.97 Å². The molecule has 3 rings (SSSR count). The van der Waals surface area contributed by atoms with Gasteiger partial charge in [-0.05, 0) is 24.6 Å². The van der Waals surface area contributed by atoms with E-state index in [0.29, 0.717) is 5.56 Å². The number of halogens is 1. The number of rotatable bonds is 6. The number of ether oxygens (including phenoxy) is 1. The first kappa shape index (κ1) is 20.5. The largest absolute Gasteiger partial charge is 0.462 e. The second-order valence-corrected chi connectivity index (χ2v) is 7.13. The quantitative estimate of drug-likeness (QED) is 0.320. The third-order valence-corrected chi connectivity index (χ3v) is 5.11. The van der Waals surface area contributed by atoms with Crippen LogP contribution in [0.25, 0.3) is 11.1 Å². The summed E-state index contributed by atoms with van der Waals surface area (Å²) in [5, 5.41) is 16.0. The number of carbonyl (C=O) groups is 2. The van der Waals surface area contributed by atoms with Crippen molar-refractivity contribution >= 4 is 45.5 Å². The number of nitro benzene ring substituents is 1. The third-order valence-electron chi connectivity index (χ3n) is 3.98. The van der Waals surface area contributed by atoms with E-state index in [1.807, 2.05) is 30.3 Å². The van der Waals surface area contributed by atoms with Gasteiger partial charge in [0, 0.05) is 22.0 Å². The van der Waals surface area contributed by atoms with Crippen LogP contribution in [0.15, 0.2) is 53.9 Å². The lowest BCUT2D eigenvalue weighted by molar-refractivity contribution is -0.385. The molecule has 2 aromatic carbocycles. The molecule has 9 heteroatoms. The molecule has 0 spiro atoms. The molecule has 0 saturated carbocycles. The minimum absolute atomic E-state index is 0.163. The van der Waals surface area contributed by atoms with E-state index in [1.54, 1.807) is 12.3 Å². The number of esters is 1. The van der Waals surface area contributed by atoms with Gasteiger partial charge in [0.05, 0.1) is 11.5 Å². The van der Waals surface area contributed by atoms with Crippen LogP contribution in [0.3, 0.4) is 0 Å². The number of hydrogen-bond donors (Lipinski definition) is 1. The van der Waals surface area contributed by atoms with E-state index < -0.39 is 16.8 Å². The van der Waals surface area contributed by atoms with Crippen LogP contribution in [0.4, 0.5) is 10.7 Å². The minimum Gasteiger partial charge on any atom is -0.462 e. The molecular formula is C20H15ClN2O5S. The Morgan fingerprint density at radius 1 is 1.21 bits per heavy atom. The molecular weight excluding hydrogens is 416 g/mol. The Morgan fingerprint density at radius 2 is 1.93 bits per heavy atom. The molecule has 1 heterocycles. The summed E-state index contributed by atoms with van der Waals surface area (Å²) in [4.78, 5) is 35.9. The maximum Gasteiger partial charge on any atom is 0.341 e. The fourth-order valence-electron chi connectivity index (χ4n) is 2.71. The lowest BCUT2D eigenvalue weighted by Crippen LogP contribution is -2.16. The van der Waals surface area contributed by atoms with E-state index in [2.05, 4.69) is 5.32 Å². The van der Waals surface area contributed by atoms with Gasteiger partial charge in [0.15, 0.2) is 0 Å². The molecule has 3 aromatic rings. The van der Waals surface area contributed by atoms with E-state index in [1.165, 1.54) is 12.1 Å². The molecule has 0 aliphatic rings. The summed E-state index contributed by atoms with van der Waals surface area (Å²) in [5.41, 5.74) is 0.989. The average Bonchev–Trinajstić information content (AvgIpc) is 3.12. The normalized spacial score (nSPS) is 10.4. The van der Waals surface area contributed by atoms with E-state index >= 15 is 0 Å². The predicted molar refractivity (Wildman–Crippen MR) is 112 cm³/mol. The zero-order chi connectivity index (χ0) is 21.0. The van der Waals surface area contributed by atoms with Crippen molar-refractivity contribution in [2.24, 2.45) is 0 Å². The van der Waals surface area contributed by atoms with Crippen LogP contribution in [-0.4, -0.2) is 23.4 Å². The summed E-state index contributed by atoms with van der Waals surface area (Å²) in [7, 11) is 0. The lowest BCUT2D eigenvalue weighted by atomic mass is 10.0. The minimum atomic E-state index is -0.744. The summed E-state index contributed by atoms with van der Waals surface area (Å²) < 4.78 is 5.14. The maximum atomic E-state index is 12.8. The first-order chi connectivity index (χ1) is 13.9. The average molecular weight is 431 g/mol. The Bertz CT molecular complexity index is 1080. The van der Waals surface area contributed by atoms with Crippen LogP contribution in [0, 0.1) is 10.1 Å². The molecule has 0 fully saturated rings. The number of amides is 1. The Hall–Kier alpha value is -3.23. The van der Waals surface area contributed by atoms with E-state index in [0.717, 1.165) is 23.0 Å². The van der Waals surface area contributed by atoms with Crippen LogP contribution in [0.1, 0.15) is 27.6 Å². The highest BCUT2D eigenvalue weighted by Gasteiger charge is 2.26. The van der Waals surface area contributed by atoms with Crippen LogP contribution in [0.5, 0.6) is 0 Å². The number of benzene rings is 2. The highest BCUT2D eigenvalue weighted by Crippen LogP contribution is 2.37. The molecule has 29 heavy (non-hydrogen) atoms. The highest BCUT2D eigenvalue weighted by atomic mass is 35.5. The second kappa shape index (κ2) is 8.85. The smallest absolute Gasteiger partial charge is 0.341 e. The Balaban J connectivity index is 2.03. The van der Waals surface area contributed by atoms with Gasteiger partial charge in [-0.3, -0.25) is 14.9 Å². The van der Waals surface area contributed by atoms with Crippen molar-refractivity contribution in [1.29, 1.82) is 0 Å². The fraction of sp³-hybridized carbons (Fsp3) is 0.100. The summed E-state index contributed by atoms with van der Waals surface area (Å²) >= 11 is 7.03. The molecule has 0 aliphatic carbocycles. The fourth-order valence-corrected chi connectivity index (χ4v) is 3.83. The van der Waals surface area contributed by atoms with Crippen molar-refractivity contribution in [2.45, 2.75) is 6.92 Å². The number of carbonyl (C=O) groups excluding carboxylic acids is 2. The molecule has 1 amide bonds. The van der Waals surface area contributed by atoms with Gasteiger partial charge in [0.2, 0.25) is 0 Å². The third kappa shape index (κ3) is 4.44. The summed E-state index contributed by atoms with van der Waals surface area (Å²) in [6.45, 7) is 1.84. The first-order valence-electron chi connectivity index (χ1n) is 8.51. The highest BCUT2D eigenvalue weighted by molar-refractivity contribution is 7.15. The predicted octanol–water partition coefficient (Wildman–Crippen LogP) is 5.41. The number of hydrogen-bond acceptors (Lipinski definition) is 6. The van der Waals surface area contributed by atoms with E-state index in [9.17, 15) is 19.7 Å². The SMILES string of the molecule is CCOC(=O)c1c(-c2ccccc2)csc1NC(=O)c1cc(Cl)ccc1[N+](=O)[O-]. The first-order valence-corrected chi connectivity index (χ1v) is 9.77. The topological polar surface area (TPSA) is 98.5 Å². The molecule has 0 radical (unpaired) electrons. The molecule has 0 saturated heterocycles. The number of nitro groups is 1. The van der Waals surface area contributed by atoms with Crippen LogP contribution < -0.4 is 5.32 Å². The van der Waals surface area contributed by atoms with Crippen LogP contribution >= 0.6 is 22.9 Å². The maximum absolute atomic E-state index is 12.8. The van der Waals surface area contributed by atoms with Gasteiger partial charge in [0.1, 0.15) is 16.1 Å². The van der Waals surface area contributed by atoms with Crippen molar-refractivity contribution < 1.29 is 19.2 Å². The van der Waals surface area contributed by atoms with Crippen LogP contribution in [0.2, 0.25) is 5.02 Å². The van der Waals surface area contributed by atoms with Gasteiger partial charge in [-0.1, -0.05) is 41.9 Å². The number of anilines is 1. The van der Waals surface area contributed by atoms with Gasteiger partial charge in [-0.15, -0.1) is 11.3 Å². The molecule has 7 nitrogen and oxygen atoms in total. The summed E-state index contributed by atoms with van der Waals surface area (Å²) in [5.74, 6) is -1.34. The zero-order valence-electron chi connectivity index (χ0n) is 15.2. The Morgan fingerprint density at radius 3 is 2.59 bits per heavy atom. The molecule has 0 bridgehead atoms. The number of thiophene rings is 1. The lowest BCUT2D eigenvalue weighted by Gasteiger charge is -2.09. The molecule has 0 atom stereocenters. The summed E-state index contributed by atoms with van der Waals surface area (Å²) in [6.07, 6.45) is 0. The second-order valence-electron chi connectivity index (χ2n) is 5.81. The number of nitrogens with zero attached hydrogens (tertiary/aromatic N) is 1. The standard InChI is InChI=1S/C20H15ClN2O5S/c1-2-28-20(25)17-15(12-6-4-3-5-7-12)11-29-19(17)22-18(24)14-10-13(21)8-9-16(14)23(26)27/h3-11H,2H2,1H3,(H,22,24). The van der Waals surface area contributed by atoms with Crippen molar-refractivity contribution in [2.75, 3.05) is 11.9 Å². The molecule has 1 aromatic heterocycles. The van der Waals surface area contributed by atoms with Gasteiger partial charge in [-0.25, -0.2) is 4.79 Å². The molecule has 0 aliphatic heterocycles. The van der Waals surface area contributed by atoms with Crippen molar-refractivity contribution in [1.82, 2.24) is 0 Å².